The van der Waals surface area contributed by atoms with Crippen LogP contribution in [0.2, 0.25) is 10.0 Å². The molecule has 3 heterocycles. The number of nitrogens with zero attached hydrogens (tertiary/aromatic N) is 1. The predicted octanol–water partition coefficient (Wildman–Crippen LogP) is 3.86. The number of benzene rings is 1. The minimum atomic E-state index is -4.16. The normalized spacial score (nSPS) is 13.6. The molecule has 2 aromatic heterocycles. The standard InChI is InChI=1S/C17H14Cl2N4O5S3/c18-11-7-13(14(8-12(11)19)23-31(26,27)16-2-1-5-29-16)22-30(24,25)10-6-15-17(21-9-10)20-3-4-28-15/h1-2,5-9,22-23H,3-4H2,(H,20,21). The Morgan fingerprint density at radius 2 is 1.71 bits per heavy atom. The second-order valence-corrected chi connectivity index (χ2v) is 11.6. The molecule has 3 N–H and O–H groups in total. The van der Waals surface area contributed by atoms with E-state index in [4.69, 9.17) is 27.9 Å². The Labute approximate surface area is 192 Å². The van der Waals surface area contributed by atoms with Gasteiger partial charge in [-0.2, -0.15) is 0 Å². The van der Waals surface area contributed by atoms with Crippen LogP contribution in [-0.4, -0.2) is 35.0 Å². The van der Waals surface area contributed by atoms with Crippen molar-refractivity contribution in [1.29, 1.82) is 0 Å². The van der Waals surface area contributed by atoms with E-state index in [0.29, 0.717) is 24.7 Å². The highest BCUT2D eigenvalue weighted by atomic mass is 35.5. The van der Waals surface area contributed by atoms with Crippen molar-refractivity contribution in [3.05, 3.63) is 52.0 Å². The van der Waals surface area contributed by atoms with E-state index >= 15 is 0 Å². The van der Waals surface area contributed by atoms with Gasteiger partial charge < -0.3 is 10.1 Å². The summed E-state index contributed by atoms with van der Waals surface area (Å²) in [5, 5.41) is 4.68. The number of hydrogen-bond acceptors (Lipinski definition) is 8. The molecule has 1 aliphatic heterocycles. The molecule has 0 saturated carbocycles. The van der Waals surface area contributed by atoms with Gasteiger partial charge in [0.05, 0.1) is 34.2 Å². The third-order valence-corrected chi connectivity index (χ3v) is 8.92. The van der Waals surface area contributed by atoms with Gasteiger partial charge in [-0.05, 0) is 23.6 Å². The predicted molar refractivity (Wildman–Crippen MR) is 121 cm³/mol. The number of anilines is 3. The second kappa shape index (κ2) is 8.36. The third kappa shape index (κ3) is 4.67. The smallest absolute Gasteiger partial charge is 0.271 e. The Kier molecular flexibility index (Phi) is 5.92. The molecule has 0 spiro atoms. The lowest BCUT2D eigenvalue weighted by Crippen LogP contribution is -2.21. The summed E-state index contributed by atoms with van der Waals surface area (Å²) in [7, 11) is -8.13. The highest BCUT2D eigenvalue weighted by Gasteiger charge is 2.24. The first-order chi connectivity index (χ1) is 14.7. The molecular formula is C17H14Cl2N4O5S3. The maximum absolute atomic E-state index is 13.0. The lowest BCUT2D eigenvalue weighted by Gasteiger charge is -2.19. The van der Waals surface area contributed by atoms with Gasteiger partial charge in [-0.1, -0.05) is 29.3 Å². The van der Waals surface area contributed by atoms with E-state index < -0.39 is 20.0 Å². The first-order valence-corrected chi connectivity index (χ1v) is 13.2. The molecule has 0 amide bonds. The molecule has 0 saturated heterocycles. The van der Waals surface area contributed by atoms with Crippen LogP contribution in [0.1, 0.15) is 0 Å². The third-order valence-electron chi connectivity index (χ3n) is 4.10. The summed E-state index contributed by atoms with van der Waals surface area (Å²) < 4.78 is 61.3. The maximum Gasteiger partial charge on any atom is 0.271 e. The van der Waals surface area contributed by atoms with Gasteiger partial charge in [0.15, 0.2) is 11.6 Å². The molecule has 0 fully saturated rings. The average molecular weight is 521 g/mol. The van der Waals surface area contributed by atoms with Crippen LogP contribution in [0.15, 0.2) is 51.0 Å². The van der Waals surface area contributed by atoms with Crippen LogP contribution in [0.4, 0.5) is 17.2 Å². The lowest BCUT2D eigenvalue weighted by molar-refractivity contribution is 0.320. The summed E-state index contributed by atoms with van der Waals surface area (Å²) in [5.74, 6) is 0.728. The molecular weight excluding hydrogens is 507 g/mol. The monoisotopic (exact) mass is 520 g/mol. The molecule has 0 radical (unpaired) electrons. The highest BCUT2D eigenvalue weighted by molar-refractivity contribution is 7.94. The number of thiophene rings is 1. The van der Waals surface area contributed by atoms with Crippen molar-refractivity contribution in [1.82, 2.24) is 4.98 Å². The Bertz CT molecular complexity index is 1350. The quantitative estimate of drug-likeness (QED) is 0.450. The van der Waals surface area contributed by atoms with E-state index in [0.717, 1.165) is 17.5 Å². The van der Waals surface area contributed by atoms with Gasteiger partial charge in [0, 0.05) is 6.07 Å². The van der Waals surface area contributed by atoms with E-state index in [1.54, 1.807) is 11.4 Å². The molecule has 164 valence electrons. The minimum Gasteiger partial charge on any atom is -0.488 e. The number of hydrogen-bond donors (Lipinski definition) is 3. The molecule has 14 heteroatoms. The number of ether oxygens (including phenoxy) is 1. The van der Waals surface area contributed by atoms with Gasteiger partial charge in [0.25, 0.3) is 20.0 Å². The molecule has 1 aromatic carbocycles. The maximum atomic E-state index is 13.0. The summed E-state index contributed by atoms with van der Waals surface area (Å²) in [6.45, 7) is 0.925. The van der Waals surface area contributed by atoms with Crippen LogP contribution in [0.3, 0.4) is 0 Å². The van der Waals surface area contributed by atoms with Crippen molar-refractivity contribution in [3.63, 3.8) is 0 Å². The Morgan fingerprint density at radius 1 is 1.03 bits per heavy atom. The molecule has 3 aromatic rings. The summed E-state index contributed by atoms with van der Waals surface area (Å²) in [6, 6.07) is 6.77. The Morgan fingerprint density at radius 3 is 2.35 bits per heavy atom. The van der Waals surface area contributed by atoms with E-state index in [-0.39, 0.29) is 30.5 Å². The van der Waals surface area contributed by atoms with Crippen molar-refractivity contribution in [2.24, 2.45) is 0 Å². The van der Waals surface area contributed by atoms with E-state index in [9.17, 15) is 16.8 Å². The molecule has 4 rings (SSSR count). The number of aromatic nitrogens is 1. The van der Waals surface area contributed by atoms with Crippen LogP contribution in [-0.2, 0) is 20.0 Å². The van der Waals surface area contributed by atoms with Crippen LogP contribution in [0.5, 0.6) is 5.75 Å². The first kappa shape index (κ1) is 22.0. The van der Waals surface area contributed by atoms with Crippen molar-refractivity contribution in [2.75, 3.05) is 27.9 Å². The summed E-state index contributed by atoms with van der Waals surface area (Å²) in [4.78, 5) is 3.89. The SMILES string of the molecule is O=S(=O)(Nc1cc(Cl)c(Cl)cc1NS(=O)(=O)c1cccs1)c1cnc2c(c1)OCCN2. The van der Waals surface area contributed by atoms with Crippen LogP contribution >= 0.6 is 34.5 Å². The van der Waals surface area contributed by atoms with Crippen LogP contribution in [0, 0.1) is 0 Å². The van der Waals surface area contributed by atoms with Crippen molar-refractivity contribution in [3.8, 4) is 5.75 Å². The van der Waals surface area contributed by atoms with Crippen molar-refractivity contribution in [2.45, 2.75) is 9.10 Å². The van der Waals surface area contributed by atoms with Crippen molar-refractivity contribution >= 4 is 71.8 Å². The zero-order valence-corrected chi connectivity index (χ0v) is 19.4. The molecule has 0 bridgehead atoms. The zero-order chi connectivity index (χ0) is 22.2. The van der Waals surface area contributed by atoms with Crippen LogP contribution in [0.25, 0.3) is 0 Å². The minimum absolute atomic E-state index is 0.0366. The number of halogens is 2. The topological polar surface area (TPSA) is 126 Å². The molecule has 9 nitrogen and oxygen atoms in total. The van der Waals surface area contributed by atoms with E-state index in [1.807, 2.05) is 0 Å². The van der Waals surface area contributed by atoms with Gasteiger partial charge in [0.1, 0.15) is 15.7 Å². The number of nitrogens with one attached hydrogen (secondary N) is 3. The van der Waals surface area contributed by atoms with Gasteiger partial charge in [-0.3, -0.25) is 9.44 Å². The molecule has 31 heavy (non-hydrogen) atoms. The number of sulfonamides is 2. The fourth-order valence-corrected chi connectivity index (χ4v) is 6.10. The summed E-state index contributed by atoms with van der Waals surface area (Å²) in [6.07, 6.45) is 1.16. The van der Waals surface area contributed by atoms with Crippen molar-refractivity contribution < 1.29 is 21.6 Å². The van der Waals surface area contributed by atoms with Gasteiger partial charge in [-0.15, -0.1) is 11.3 Å². The largest absolute Gasteiger partial charge is 0.488 e. The summed E-state index contributed by atoms with van der Waals surface area (Å²) in [5.41, 5.74) is -0.193. The molecule has 1 aliphatic rings. The second-order valence-electron chi connectivity index (χ2n) is 6.25. The van der Waals surface area contributed by atoms with Gasteiger partial charge >= 0.3 is 0 Å². The lowest BCUT2D eigenvalue weighted by atomic mass is 10.3. The van der Waals surface area contributed by atoms with E-state index in [1.165, 1.54) is 24.3 Å². The highest BCUT2D eigenvalue weighted by Crippen LogP contribution is 2.36. The molecule has 0 unspecified atom stereocenters. The average Bonchev–Trinajstić information content (AvgIpc) is 3.27. The van der Waals surface area contributed by atoms with Gasteiger partial charge in [0.2, 0.25) is 0 Å². The number of fused-ring (bicyclic) bond motifs is 1. The summed E-state index contributed by atoms with van der Waals surface area (Å²) >= 11 is 13.1. The number of rotatable bonds is 6. The van der Waals surface area contributed by atoms with E-state index in [2.05, 4.69) is 19.7 Å². The number of pyridine rings is 1. The fraction of sp³-hybridized carbons (Fsp3) is 0.118. The van der Waals surface area contributed by atoms with Gasteiger partial charge in [-0.25, -0.2) is 21.8 Å². The Balaban J connectivity index is 1.70. The van der Waals surface area contributed by atoms with Crippen LogP contribution < -0.4 is 19.5 Å². The zero-order valence-electron chi connectivity index (χ0n) is 15.4. The fourth-order valence-electron chi connectivity index (χ4n) is 2.68. The Hall–Kier alpha value is -2.25. The first-order valence-electron chi connectivity index (χ1n) is 8.61. The molecule has 0 aliphatic carbocycles. The molecule has 0 atom stereocenters.